The van der Waals surface area contributed by atoms with E-state index in [1.165, 1.54) is 10.5 Å². The van der Waals surface area contributed by atoms with Crippen LogP contribution in [-0.2, 0) is 22.6 Å². The lowest BCUT2D eigenvalue weighted by Crippen LogP contribution is -3.12. The fourth-order valence-electron chi connectivity index (χ4n) is 3.73. The van der Waals surface area contributed by atoms with Crippen molar-refractivity contribution in [1.29, 1.82) is 0 Å². The van der Waals surface area contributed by atoms with Gasteiger partial charge in [0.25, 0.3) is 5.91 Å². The van der Waals surface area contributed by atoms with Gasteiger partial charge in [0.1, 0.15) is 12.3 Å². The highest BCUT2D eigenvalue weighted by Gasteiger charge is 2.25. The van der Waals surface area contributed by atoms with Crippen molar-refractivity contribution in [1.82, 2.24) is 4.90 Å². The second kappa shape index (κ2) is 10.2. The van der Waals surface area contributed by atoms with Crippen molar-refractivity contribution in [2.75, 3.05) is 53.3 Å². The molecule has 1 atom stereocenters. The third kappa shape index (κ3) is 5.67. The number of fused-ring (bicyclic) bond motifs is 1. The van der Waals surface area contributed by atoms with Crippen molar-refractivity contribution in [3.63, 3.8) is 0 Å². The van der Waals surface area contributed by atoms with E-state index in [0.717, 1.165) is 35.7 Å². The standard InChI is InChI=1S/C23H29N3O5/c1-25(14-22(27)24-18-6-5-7-19(12-18)29-2)23(28)15-26-9-8-16-10-20(30-3)21(31-4)11-17(16)13-26/h5-7,10-12H,8-9,13-15H2,1-4H3,(H,24,27)/p+1. The Bertz CT molecular complexity index is 947. The molecule has 0 saturated carbocycles. The van der Waals surface area contributed by atoms with Gasteiger partial charge in [-0.3, -0.25) is 9.59 Å². The summed E-state index contributed by atoms with van der Waals surface area (Å²) in [7, 11) is 6.47. The summed E-state index contributed by atoms with van der Waals surface area (Å²) < 4.78 is 15.9. The number of hydrogen-bond acceptors (Lipinski definition) is 5. The van der Waals surface area contributed by atoms with E-state index in [9.17, 15) is 9.59 Å². The Hall–Kier alpha value is -3.26. The van der Waals surface area contributed by atoms with Crippen molar-refractivity contribution in [3.8, 4) is 17.2 Å². The van der Waals surface area contributed by atoms with Crippen LogP contribution in [0, 0.1) is 0 Å². The molecule has 8 heteroatoms. The Labute approximate surface area is 182 Å². The highest BCUT2D eigenvalue weighted by Crippen LogP contribution is 2.31. The highest BCUT2D eigenvalue weighted by molar-refractivity contribution is 5.94. The van der Waals surface area contributed by atoms with Crippen LogP contribution in [0.2, 0.25) is 0 Å². The molecule has 3 rings (SSSR count). The number of quaternary nitrogens is 1. The summed E-state index contributed by atoms with van der Waals surface area (Å²) in [5.41, 5.74) is 3.01. The van der Waals surface area contributed by atoms with E-state index in [-0.39, 0.29) is 18.4 Å². The number of amides is 2. The van der Waals surface area contributed by atoms with Crippen LogP contribution in [0.1, 0.15) is 11.1 Å². The highest BCUT2D eigenvalue weighted by atomic mass is 16.5. The summed E-state index contributed by atoms with van der Waals surface area (Å²) in [4.78, 5) is 27.7. The minimum absolute atomic E-state index is 0.00900. The zero-order chi connectivity index (χ0) is 22.4. The minimum Gasteiger partial charge on any atom is -0.497 e. The molecule has 2 aromatic carbocycles. The third-order valence-corrected chi connectivity index (χ3v) is 5.46. The number of carbonyl (C=O) groups is 2. The van der Waals surface area contributed by atoms with Gasteiger partial charge in [0.2, 0.25) is 5.91 Å². The quantitative estimate of drug-likeness (QED) is 0.649. The number of methoxy groups -OCH3 is 3. The fraction of sp³-hybridized carbons (Fsp3) is 0.391. The predicted molar refractivity (Wildman–Crippen MR) is 117 cm³/mol. The number of benzene rings is 2. The van der Waals surface area contributed by atoms with E-state index in [4.69, 9.17) is 14.2 Å². The molecule has 1 aliphatic heterocycles. The summed E-state index contributed by atoms with van der Waals surface area (Å²) in [6.45, 7) is 1.89. The van der Waals surface area contributed by atoms with Crippen molar-refractivity contribution in [3.05, 3.63) is 47.5 Å². The number of nitrogens with zero attached hydrogens (tertiary/aromatic N) is 1. The molecule has 166 valence electrons. The Balaban J connectivity index is 1.54. The first-order valence-corrected chi connectivity index (χ1v) is 10.2. The van der Waals surface area contributed by atoms with Crippen LogP contribution in [0.3, 0.4) is 0 Å². The molecule has 0 aliphatic carbocycles. The molecular weight excluding hydrogens is 398 g/mol. The molecule has 2 aromatic rings. The maximum atomic E-state index is 12.7. The van der Waals surface area contributed by atoms with Crippen molar-refractivity contribution < 1.29 is 28.7 Å². The maximum Gasteiger partial charge on any atom is 0.277 e. The number of carbonyl (C=O) groups excluding carboxylic acids is 2. The monoisotopic (exact) mass is 428 g/mol. The summed E-state index contributed by atoms with van der Waals surface area (Å²) in [6.07, 6.45) is 0.859. The smallest absolute Gasteiger partial charge is 0.277 e. The van der Waals surface area contributed by atoms with E-state index >= 15 is 0 Å². The van der Waals surface area contributed by atoms with Gasteiger partial charge in [0.15, 0.2) is 18.0 Å². The first kappa shape index (κ1) is 22.4. The molecule has 31 heavy (non-hydrogen) atoms. The van der Waals surface area contributed by atoms with Crippen LogP contribution >= 0.6 is 0 Å². The SMILES string of the molecule is COc1cccc(NC(=O)CN(C)C(=O)C[NH+]2CCc3cc(OC)c(OC)cc3C2)c1. The van der Waals surface area contributed by atoms with Gasteiger partial charge in [-0.15, -0.1) is 0 Å². The van der Waals surface area contributed by atoms with Gasteiger partial charge in [-0.05, 0) is 29.8 Å². The molecule has 0 fully saturated rings. The Morgan fingerprint density at radius 1 is 1.03 bits per heavy atom. The number of nitrogens with one attached hydrogen (secondary N) is 2. The number of hydrogen-bond donors (Lipinski definition) is 2. The zero-order valence-electron chi connectivity index (χ0n) is 18.5. The van der Waals surface area contributed by atoms with Gasteiger partial charge < -0.3 is 29.3 Å². The van der Waals surface area contributed by atoms with Crippen LogP contribution in [0.25, 0.3) is 0 Å². The molecule has 2 amide bonds. The number of rotatable bonds is 8. The van der Waals surface area contributed by atoms with Gasteiger partial charge in [0, 0.05) is 30.8 Å². The number of anilines is 1. The molecule has 2 N–H and O–H groups in total. The lowest BCUT2D eigenvalue weighted by atomic mass is 9.99. The van der Waals surface area contributed by atoms with Gasteiger partial charge >= 0.3 is 0 Å². The number of likely N-dealkylation sites (N-methyl/N-ethyl adjacent to an activating group) is 1. The molecule has 1 aliphatic rings. The van der Waals surface area contributed by atoms with Crippen LogP contribution < -0.4 is 24.4 Å². The second-order valence-electron chi connectivity index (χ2n) is 7.61. The van der Waals surface area contributed by atoms with E-state index in [2.05, 4.69) is 5.32 Å². The normalized spacial score (nSPS) is 14.9. The second-order valence-corrected chi connectivity index (χ2v) is 7.61. The molecule has 1 unspecified atom stereocenters. The van der Waals surface area contributed by atoms with Crippen molar-refractivity contribution in [2.45, 2.75) is 13.0 Å². The van der Waals surface area contributed by atoms with Crippen molar-refractivity contribution >= 4 is 17.5 Å². The molecule has 0 bridgehead atoms. The van der Waals surface area contributed by atoms with E-state index < -0.39 is 0 Å². The third-order valence-electron chi connectivity index (χ3n) is 5.46. The molecule has 0 saturated heterocycles. The summed E-state index contributed by atoms with van der Waals surface area (Å²) in [6, 6.07) is 11.1. The lowest BCUT2D eigenvalue weighted by Gasteiger charge is -2.27. The van der Waals surface area contributed by atoms with Crippen LogP contribution in [0.15, 0.2) is 36.4 Å². The average molecular weight is 429 g/mol. The van der Waals surface area contributed by atoms with Crippen LogP contribution in [-0.4, -0.2) is 64.7 Å². The molecule has 0 radical (unpaired) electrons. The predicted octanol–water partition coefficient (Wildman–Crippen LogP) is 0.751. The summed E-state index contributed by atoms with van der Waals surface area (Å²) >= 11 is 0. The van der Waals surface area contributed by atoms with Gasteiger partial charge in [-0.2, -0.15) is 0 Å². The summed E-state index contributed by atoms with van der Waals surface area (Å²) in [5.74, 6) is 1.76. The Kier molecular flexibility index (Phi) is 7.36. The molecular formula is C23H30N3O5+. The molecule has 0 aromatic heterocycles. The molecule has 8 nitrogen and oxygen atoms in total. The Morgan fingerprint density at radius 3 is 2.42 bits per heavy atom. The summed E-state index contributed by atoms with van der Waals surface area (Å²) in [5, 5.41) is 2.80. The minimum atomic E-state index is -0.250. The van der Waals surface area contributed by atoms with Crippen LogP contribution in [0.4, 0.5) is 5.69 Å². The largest absolute Gasteiger partial charge is 0.497 e. The topological polar surface area (TPSA) is 81.5 Å². The zero-order valence-corrected chi connectivity index (χ0v) is 18.5. The molecule has 0 spiro atoms. The van der Waals surface area contributed by atoms with E-state index in [1.54, 1.807) is 52.6 Å². The average Bonchev–Trinajstić information content (AvgIpc) is 2.77. The van der Waals surface area contributed by atoms with Gasteiger partial charge in [-0.1, -0.05) is 6.07 Å². The maximum absolute atomic E-state index is 12.7. The van der Waals surface area contributed by atoms with Crippen molar-refractivity contribution in [2.24, 2.45) is 0 Å². The lowest BCUT2D eigenvalue weighted by molar-refractivity contribution is -0.908. The van der Waals surface area contributed by atoms with E-state index in [1.807, 2.05) is 12.1 Å². The fourth-order valence-corrected chi connectivity index (χ4v) is 3.73. The van der Waals surface area contributed by atoms with E-state index in [0.29, 0.717) is 23.7 Å². The Morgan fingerprint density at radius 2 is 1.74 bits per heavy atom. The van der Waals surface area contributed by atoms with Gasteiger partial charge in [0.05, 0.1) is 34.4 Å². The first-order valence-electron chi connectivity index (χ1n) is 10.2. The molecule has 1 heterocycles. The number of ether oxygens (including phenoxy) is 3. The van der Waals surface area contributed by atoms with Gasteiger partial charge in [-0.25, -0.2) is 0 Å². The first-order chi connectivity index (χ1) is 14.9. The van der Waals surface area contributed by atoms with Crippen LogP contribution in [0.5, 0.6) is 17.2 Å².